The second-order valence-corrected chi connectivity index (χ2v) is 4.85. The molecule has 1 atom stereocenters. The normalized spacial score (nSPS) is 23.0. The third-order valence-corrected chi connectivity index (χ3v) is 3.36. The van der Waals surface area contributed by atoms with Crippen LogP contribution in [0.25, 0.3) is 0 Å². The molecule has 2 rings (SSSR count). The molecule has 0 saturated carbocycles. The zero-order chi connectivity index (χ0) is 13.2. The van der Waals surface area contributed by atoms with Gasteiger partial charge in [0.05, 0.1) is 18.9 Å². The van der Waals surface area contributed by atoms with Gasteiger partial charge in [-0.15, -0.1) is 0 Å². The highest BCUT2D eigenvalue weighted by Gasteiger charge is 2.44. The van der Waals surface area contributed by atoms with E-state index in [0.717, 1.165) is 17.7 Å². The van der Waals surface area contributed by atoms with Crippen LogP contribution in [0.4, 0.5) is 0 Å². The van der Waals surface area contributed by atoms with Crippen LogP contribution in [0.5, 0.6) is 5.75 Å². The molecule has 0 spiro atoms. The highest BCUT2D eigenvalue weighted by molar-refractivity contribution is 5.97. The van der Waals surface area contributed by atoms with Crippen molar-refractivity contribution in [3.8, 4) is 5.75 Å². The van der Waals surface area contributed by atoms with Gasteiger partial charge in [-0.3, -0.25) is 9.59 Å². The molecule has 0 aromatic heterocycles. The van der Waals surface area contributed by atoms with E-state index in [0.29, 0.717) is 6.42 Å². The molecule has 1 aliphatic heterocycles. The lowest BCUT2D eigenvalue weighted by Gasteiger charge is -2.17. The average Bonchev–Trinajstić information content (AvgIpc) is 2.61. The Morgan fingerprint density at radius 3 is 2.44 bits per heavy atom. The van der Waals surface area contributed by atoms with Crippen molar-refractivity contribution in [3.63, 3.8) is 0 Å². The summed E-state index contributed by atoms with van der Waals surface area (Å²) < 4.78 is 9.68. The van der Waals surface area contributed by atoms with Crippen LogP contribution in [-0.2, 0) is 20.7 Å². The third-order valence-electron chi connectivity index (χ3n) is 3.36. The average molecular weight is 248 g/mol. The number of carbonyl (C=O) groups is 2. The van der Waals surface area contributed by atoms with Crippen molar-refractivity contribution in [1.82, 2.24) is 0 Å². The Balaban J connectivity index is 1.98. The molecule has 18 heavy (non-hydrogen) atoms. The van der Waals surface area contributed by atoms with Crippen molar-refractivity contribution in [2.45, 2.75) is 26.2 Å². The van der Waals surface area contributed by atoms with E-state index in [-0.39, 0.29) is 6.42 Å². The number of rotatable bonds is 4. The molecule has 0 amide bonds. The molecule has 1 saturated heterocycles. The van der Waals surface area contributed by atoms with Crippen LogP contribution in [0.2, 0.25) is 0 Å². The molecule has 1 aliphatic rings. The summed E-state index contributed by atoms with van der Waals surface area (Å²) in [6, 6.07) is 7.69. The van der Waals surface area contributed by atoms with E-state index in [2.05, 4.69) is 4.74 Å². The van der Waals surface area contributed by atoms with Gasteiger partial charge >= 0.3 is 11.9 Å². The quantitative estimate of drug-likeness (QED) is 0.605. The van der Waals surface area contributed by atoms with Crippen LogP contribution < -0.4 is 4.74 Å². The topological polar surface area (TPSA) is 52.6 Å². The summed E-state index contributed by atoms with van der Waals surface area (Å²) in [5.41, 5.74) is 0.445. The number of methoxy groups -OCH3 is 1. The van der Waals surface area contributed by atoms with E-state index < -0.39 is 17.4 Å². The Hall–Kier alpha value is -1.84. The van der Waals surface area contributed by atoms with Crippen molar-refractivity contribution in [3.05, 3.63) is 29.8 Å². The van der Waals surface area contributed by atoms with Gasteiger partial charge in [0.25, 0.3) is 0 Å². The summed E-state index contributed by atoms with van der Waals surface area (Å²) in [5.74, 6) is -0.0151. The number of hydrogen-bond acceptors (Lipinski definition) is 4. The van der Waals surface area contributed by atoms with Crippen LogP contribution in [0, 0.1) is 5.41 Å². The minimum Gasteiger partial charge on any atom is -0.497 e. The molecule has 0 aliphatic carbocycles. The van der Waals surface area contributed by atoms with E-state index in [1.54, 1.807) is 14.0 Å². The minimum absolute atomic E-state index is 0.183. The van der Waals surface area contributed by atoms with Crippen molar-refractivity contribution >= 4 is 11.9 Å². The fourth-order valence-corrected chi connectivity index (χ4v) is 2.06. The smallest absolute Gasteiger partial charge is 0.320 e. The maximum Gasteiger partial charge on any atom is 0.320 e. The van der Waals surface area contributed by atoms with Crippen LogP contribution in [0.15, 0.2) is 24.3 Å². The van der Waals surface area contributed by atoms with Gasteiger partial charge in [-0.25, -0.2) is 0 Å². The van der Waals surface area contributed by atoms with Crippen LogP contribution >= 0.6 is 0 Å². The Bertz CT molecular complexity index is 463. The van der Waals surface area contributed by atoms with E-state index in [1.165, 1.54) is 0 Å². The second kappa shape index (κ2) is 4.80. The lowest BCUT2D eigenvalue weighted by molar-refractivity contribution is -0.155. The summed E-state index contributed by atoms with van der Waals surface area (Å²) in [5, 5.41) is 0. The van der Waals surface area contributed by atoms with Gasteiger partial charge in [-0.2, -0.15) is 0 Å². The Labute approximate surface area is 106 Å². The van der Waals surface area contributed by atoms with Crippen molar-refractivity contribution in [2.75, 3.05) is 7.11 Å². The van der Waals surface area contributed by atoms with Gasteiger partial charge in [0.2, 0.25) is 0 Å². The van der Waals surface area contributed by atoms with Crippen molar-refractivity contribution in [2.24, 2.45) is 5.41 Å². The summed E-state index contributed by atoms with van der Waals surface area (Å²) in [6.45, 7) is 1.78. The summed E-state index contributed by atoms with van der Waals surface area (Å²) in [6.07, 6.45) is 1.54. The first kappa shape index (κ1) is 12.6. The SMILES string of the molecule is COc1ccc(CCC2(C)CC(=O)OC2=O)cc1. The molecule has 1 fully saturated rings. The molecule has 4 nitrogen and oxygen atoms in total. The first-order valence-electron chi connectivity index (χ1n) is 5.91. The van der Waals surface area contributed by atoms with Gasteiger partial charge in [-0.05, 0) is 37.5 Å². The van der Waals surface area contributed by atoms with Crippen LogP contribution in [0.1, 0.15) is 25.3 Å². The van der Waals surface area contributed by atoms with Gasteiger partial charge < -0.3 is 9.47 Å². The lowest BCUT2D eigenvalue weighted by Crippen LogP contribution is -2.23. The molecule has 0 N–H and O–H groups in total. The molecule has 1 heterocycles. The zero-order valence-electron chi connectivity index (χ0n) is 10.6. The molecular weight excluding hydrogens is 232 g/mol. The Kier molecular flexibility index (Phi) is 3.36. The van der Waals surface area contributed by atoms with Crippen molar-refractivity contribution < 1.29 is 19.1 Å². The largest absolute Gasteiger partial charge is 0.497 e. The van der Waals surface area contributed by atoms with E-state index in [9.17, 15) is 9.59 Å². The number of hydrogen-bond donors (Lipinski definition) is 0. The number of benzene rings is 1. The molecular formula is C14H16O4. The molecule has 1 aromatic carbocycles. The molecule has 96 valence electrons. The molecule has 0 bridgehead atoms. The van der Waals surface area contributed by atoms with Gasteiger partial charge in [0.15, 0.2) is 0 Å². The number of carbonyl (C=O) groups excluding carboxylic acids is 2. The Morgan fingerprint density at radius 1 is 1.28 bits per heavy atom. The lowest BCUT2D eigenvalue weighted by atomic mass is 9.83. The number of aryl methyl sites for hydroxylation is 1. The van der Waals surface area contributed by atoms with Crippen LogP contribution in [-0.4, -0.2) is 19.0 Å². The number of esters is 2. The van der Waals surface area contributed by atoms with Gasteiger partial charge in [0.1, 0.15) is 5.75 Å². The fourth-order valence-electron chi connectivity index (χ4n) is 2.06. The molecule has 0 radical (unpaired) electrons. The standard InChI is InChI=1S/C14H16O4/c1-14(9-12(15)18-13(14)16)8-7-10-3-5-11(17-2)6-4-10/h3-6H,7-9H2,1-2H3. The molecule has 1 aromatic rings. The number of ether oxygens (including phenoxy) is 2. The highest BCUT2D eigenvalue weighted by atomic mass is 16.6. The first-order valence-corrected chi connectivity index (χ1v) is 5.91. The van der Waals surface area contributed by atoms with Gasteiger partial charge in [0, 0.05) is 0 Å². The summed E-state index contributed by atoms with van der Waals surface area (Å²) in [7, 11) is 1.62. The van der Waals surface area contributed by atoms with E-state index in [1.807, 2.05) is 24.3 Å². The summed E-state index contributed by atoms with van der Waals surface area (Å²) >= 11 is 0. The molecule has 1 unspecified atom stereocenters. The van der Waals surface area contributed by atoms with Crippen molar-refractivity contribution in [1.29, 1.82) is 0 Å². The highest BCUT2D eigenvalue weighted by Crippen LogP contribution is 2.35. The Morgan fingerprint density at radius 2 is 1.94 bits per heavy atom. The predicted molar refractivity (Wildman–Crippen MR) is 65.1 cm³/mol. The molecule has 4 heteroatoms. The fraction of sp³-hybridized carbons (Fsp3) is 0.429. The predicted octanol–water partition coefficient (Wildman–Crippen LogP) is 2.11. The first-order chi connectivity index (χ1) is 8.53. The van der Waals surface area contributed by atoms with E-state index in [4.69, 9.17) is 4.74 Å². The third kappa shape index (κ3) is 2.53. The monoisotopic (exact) mass is 248 g/mol. The minimum atomic E-state index is -0.670. The van der Waals surface area contributed by atoms with E-state index >= 15 is 0 Å². The number of cyclic esters (lactones) is 2. The van der Waals surface area contributed by atoms with Gasteiger partial charge in [-0.1, -0.05) is 12.1 Å². The maximum absolute atomic E-state index is 11.6. The second-order valence-electron chi connectivity index (χ2n) is 4.85. The maximum atomic E-state index is 11.6. The summed E-state index contributed by atoms with van der Waals surface area (Å²) in [4.78, 5) is 22.7. The van der Waals surface area contributed by atoms with Crippen LogP contribution in [0.3, 0.4) is 0 Å². The zero-order valence-corrected chi connectivity index (χ0v) is 10.6.